The molecule has 0 heterocycles. The van der Waals surface area contributed by atoms with E-state index in [1.165, 1.54) is 5.56 Å². The van der Waals surface area contributed by atoms with Gasteiger partial charge in [-0.3, -0.25) is 4.79 Å². The molecule has 22 heavy (non-hydrogen) atoms. The highest BCUT2D eigenvalue weighted by Gasteiger charge is 2.10. The molecule has 0 aliphatic heterocycles. The Morgan fingerprint density at radius 1 is 1.09 bits per heavy atom. The molecule has 0 amide bonds. The molecule has 0 aliphatic rings. The molecule has 0 aliphatic carbocycles. The van der Waals surface area contributed by atoms with Gasteiger partial charge in [0.25, 0.3) is 0 Å². The molecule has 1 atom stereocenters. The van der Waals surface area contributed by atoms with Crippen molar-refractivity contribution in [3.05, 3.63) is 70.2 Å². The number of halogens is 2. The minimum Gasteiger partial charge on any atom is -1.00 e. The van der Waals surface area contributed by atoms with Crippen LogP contribution in [-0.2, 0) is 6.42 Å². The standard InChI is InChI=1S/C18H20BrNO.ClH/c1-14(13-15-5-3-2-4-6-15)20-12-11-18(21)16-7-9-17(19)10-8-16;/h2-10,14,20H,11-13H2,1H3;1H. The summed E-state index contributed by atoms with van der Waals surface area (Å²) in [4.78, 5) is 12.1. The van der Waals surface area contributed by atoms with Crippen LogP contribution >= 0.6 is 15.9 Å². The van der Waals surface area contributed by atoms with Crippen LogP contribution in [0.5, 0.6) is 0 Å². The topological polar surface area (TPSA) is 33.7 Å². The fourth-order valence-corrected chi connectivity index (χ4v) is 2.61. The van der Waals surface area contributed by atoms with Crippen molar-refractivity contribution < 1.29 is 22.5 Å². The van der Waals surface area contributed by atoms with Crippen molar-refractivity contribution in [1.29, 1.82) is 0 Å². The predicted molar refractivity (Wildman–Crippen MR) is 89.5 cm³/mol. The largest absolute Gasteiger partial charge is 1.00 e. The van der Waals surface area contributed by atoms with Gasteiger partial charge >= 0.3 is 0 Å². The van der Waals surface area contributed by atoms with E-state index < -0.39 is 0 Å². The van der Waals surface area contributed by atoms with Gasteiger partial charge < -0.3 is 17.7 Å². The Hall–Kier alpha value is -1.16. The first kappa shape index (κ1) is 18.9. The summed E-state index contributed by atoms with van der Waals surface area (Å²) in [5.41, 5.74) is 2.14. The second-order valence-electron chi connectivity index (χ2n) is 5.37. The van der Waals surface area contributed by atoms with E-state index in [0.717, 1.165) is 23.0 Å². The van der Waals surface area contributed by atoms with E-state index in [4.69, 9.17) is 0 Å². The van der Waals surface area contributed by atoms with Crippen LogP contribution in [0.15, 0.2) is 59.1 Å². The van der Waals surface area contributed by atoms with Gasteiger partial charge in [0.1, 0.15) is 0 Å². The number of carbonyl (C=O) groups is 1. The summed E-state index contributed by atoms with van der Waals surface area (Å²) >= 11 is 3.38. The van der Waals surface area contributed by atoms with Gasteiger partial charge in [-0.15, -0.1) is 0 Å². The average Bonchev–Trinajstić information content (AvgIpc) is 2.49. The molecule has 118 valence electrons. The number of quaternary nitrogens is 1. The van der Waals surface area contributed by atoms with Crippen LogP contribution in [-0.4, -0.2) is 18.4 Å². The number of hydrogen-bond donors (Lipinski definition) is 1. The quantitative estimate of drug-likeness (QED) is 0.683. The molecule has 0 radical (unpaired) electrons. The molecule has 2 aromatic rings. The minimum absolute atomic E-state index is 0. The van der Waals surface area contributed by atoms with E-state index in [-0.39, 0.29) is 18.2 Å². The summed E-state index contributed by atoms with van der Waals surface area (Å²) in [5.74, 6) is 0.214. The van der Waals surface area contributed by atoms with Crippen LogP contribution in [0.3, 0.4) is 0 Å². The molecule has 2 nitrogen and oxygen atoms in total. The lowest BCUT2D eigenvalue weighted by atomic mass is 10.1. The Kier molecular flexibility index (Phi) is 8.39. The number of nitrogens with two attached hydrogens (primary N) is 1. The molecular formula is C18H21BrClNO. The molecular weight excluding hydrogens is 362 g/mol. The van der Waals surface area contributed by atoms with Gasteiger partial charge in [0.15, 0.2) is 5.78 Å². The lowest BCUT2D eigenvalue weighted by Crippen LogP contribution is -3.00. The van der Waals surface area contributed by atoms with Crippen molar-refractivity contribution in [2.45, 2.75) is 25.8 Å². The fraction of sp³-hybridized carbons (Fsp3) is 0.278. The third-order valence-electron chi connectivity index (χ3n) is 3.51. The van der Waals surface area contributed by atoms with Gasteiger partial charge in [0, 0.05) is 16.5 Å². The van der Waals surface area contributed by atoms with Crippen LogP contribution in [0.1, 0.15) is 29.3 Å². The van der Waals surface area contributed by atoms with Crippen molar-refractivity contribution in [3.63, 3.8) is 0 Å². The second kappa shape index (κ2) is 9.78. The van der Waals surface area contributed by atoms with E-state index in [1.54, 1.807) is 0 Å². The highest BCUT2D eigenvalue weighted by atomic mass is 79.9. The molecule has 2 aromatic carbocycles. The zero-order valence-electron chi connectivity index (χ0n) is 12.6. The molecule has 0 aromatic heterocycles. The highest BCUT2D eigenvalue weighted by molar-refractivity contribution is 9.10. The Labute approximate surface area is 146 Å². The maximum Gasteiger partial charge on any atom is 0.168 e. The first-order chi connectivity index (χ1) is 10.1. The van der Waals surface area contributed by atoms with Gasteiger partial charge in [-0.2, -0.15) is 0 Å². The summed E-state index contributed by atoms with van der Waals surface area (Å²) < 4.78 is 1.00. The monoisotopic (exact) mass is 381 g/mol. The van der Waals surface area contributed by atoms with Gasteiger partial charge in [-0.25, -0.2) is 0 Å². The van der Waals surface area contributed by atoms with E-state index >= 15 is 0 Å². The SMILES string of the molecule is CC(Cc1ccccc1)[NH2+]CCC(=O)c1ccc(Br)cc1.[Cl-]. The molecule has 2 rings (SSSR count). The summed E-state index contributed by atoms with van der Waals surface area (Å²) in [6.07, 6.45) is 1.62. The number of rotatable bonds is 7. The molecule has 1 unspecified atom stereocenters. The maximum atomic E-state index is 12.1. The van der Waals surface area contributed by atoms with Crippen molar-refractivity contribution in [3.8, 4) is 0 Å². The predicted octanol–water partition coefficient (Wildman–Crippen LogP) is 0.221. The first-order valence-electron chi connectivity index (χ1n) is 7.31. The molecule has 0 bridgehead atoms. The van der Waals surface area contributed by atoms with E-state index in [1.807, 2.05) is 30.3 Å². The summed E-state index contributed by atoms with van der Waals surface area (Å²) in [6.45, 7) is 3.04. The number of carbonyl (C=O) groups excluding carboxylic acids is 1. The van der Waals surface area contributed by atoms with Crippen LogP contribution in [0, 0.1) is 0 Å². The second-order valence-corrected chi connectivity index (χ2v) is 6.29. The van der Waals surface area contributed by atoms with Crippen molar-refractivity contribution in [1.82, 2.24) is 0 Å². The zero-order chi connectivity index (χ0) is 15.1. The minimum atomic E-state index is 0. The van der Waals surface area contributed by atoms with Crippen molar-refractivity contribution in [2.24, 2.45) is 0 Å². The lowest BCUT2D eigenvalue weighted by molar-refractivity contribution is -0.684. The van der Waals surface area contributed by atoms with Gasteiger partial charge in [0.05, 0.1) is 19.0 Å². The smallest absolute Gasteiger partial charge is 0.168 e. The Balaban J connectivity index is 0.00000242. The Morgan fingerprint density at radius 2 is 1.73 bits per heavy atom. The van der Waals surface area contributed by atoms with Gasteiger partial charge in [-0.1, -0.05) is 58.4 Å². The molecule has 0 saturated heterocycles. The van der Waals surface area contributed by atoms with E-state index in [0.29, 0.717) is 12.5 Å². The van der Waals surface area contributed by atoms with Crippen LogP contribution in [0.2, 0.25) is 0 Å². The normalized spacial score (nSPS) is 11.5. The highest BCUT2D eigenvalue weighted by Crippen LogP contribution is 2.11. The fourth-order valence-electron chi connectivity index (χ4n) is 2.35. The van der Waals surface area contributed by atoms with Gasteiger partial charge in [0.2, 0.25) is 0 Å². The lowest BCUT2D eigenvalue weighted by Gasteiger charge is -2.10. The third-order valence-corrected chi connectivity index (χ3v) is 4.04. The summed E-state index contributed by atoms with van der Waals surface area (Å²) in [7, 11) is 0. The van der Waals surface area contributed by atoms with E-state index in [2.05, 4.69) is 52.4 Å². The molecule has 2 N–H and O–H groups in total. The van der Waals surface area contributed by atoms with Crippen LogP contribution < -0.4 is 17.7 Å². The summed E-state index contributed by atoms with van der Waals surface area (Å²) in [6, 6.07) is 18.5. The van der Waals surface area contributed by atoms with Crippen LogP contribution in [0.4, 0.5) is 0 Å². The number of hydrogen-bond acceptors (Lipinski definition) is 1. The van der Waals surface area contributed by atoms with Gasteiger partial charge in [-0.05, 0) is 24.6 Å². The van der Waals surface area contributed by atoms with Crippen molar-refractivity contribution >= 4 is 21.7 Å². The first-order valence-corrected chi connectivity index (χ1v) is 8.10. The molecule has 0 fully saturated rings. The number of benzene rings is 2. The Bertz CT molecular complexity index is 571. The van der Waals surface area contributed by atoms with Crippen LogP contribution in [0.25, 0.3) is 0 Å². The maximum absolute atomic E-state index is 12.1. The zero-order valence-corrected chi connectivity index (χ0v) is 15.0. The molecule has 0 spiro atoms. The number of Topliss-reactive ketones (excluding diaryl/α,β-unsaturated/α-hetero) is 1. The van der Waals surface area contributed by atoms with E-state index in [9.17, 15) is 4.79 Å². The average molecular weight is 383 g/mol. The van der Waals surface area contributed by atoms with Crippen molar-refractivity contribution in [2.75, 3.05) is 6.54 Å². The third kappa shape index (κ3) is 6.30. The molecule has 0 saturated carbocycles. The summed E-state index contributed by atoms with van der Waals surface area (Å²) in [5, 5.41) is 2.25. The molecule has 4 heteroatoms. The Morgan fingerprint density at radius 3 is 2.36 bits per heavy atom. The number of ketones is 1.